The van der Waals surface area contributed by atoms with E-state index < -0.39 is 11.7 Å². The summed E-state index contributed by atoms with van der Waals surface area (Å²) in [5, 5.41) is 0. The monoisotopic (exact) mass is 367 g/mol. The maximum Gasteiger partial charge on any atom is 0.420 e. The van der Waals surface area contributed by atoms with Crippen molar-refractivity contribution in [2.75, 3.05) is 18.0 Å². The molecule has 1 saturated heterocycles. The van der Waals surface area contributed by atoms with Crippen LogP contribution in [0.15, 0.2) is 48.7 Å². The molecule has 0 aliphatic carbocycles. The molecule has 1 atom stereocenters. The predicted octanol–water partition coefficient (Wildman–Crippen LogP) is 5.31. The fourth-order valence-corrected chi connectivity index (χ4v) is 3.52. The van der Waals surface area contributed by atoms with E-state index >= 15 is 0 Å². The SMILES string of the molecule is CCN1CCC[C@H]1c1ccc(N(C(=O)OC(C)(C)C)c2ccccc2)nc1. The molecule has 0 spiro atoms. The maximum absolute atomic E-state index is 12.9. The third-order valence-electron chi connectivity index (χ3n) is 4.74. The molecule has 5 heteroatoms. The molecule has 0 N–H and O–H groups in total. The molecule has 1 aromatic carbocycles. The van der Waals surface area contributed by atoms with Crippen LogP contribution >= 0.6 is 0 Å². The number of hydrogen-bond donors (Lipinski definition) is 0. The van der Waals surface area contributed by atoms with E-state index in [0.717, 1.165) is 25.2 Å². The van der Waals surface area contributed by atoms with Gasteiger partial charge in [0.1, 0.15) is 11.4 Å². The van der Waals surface area contributed by atoms with Gasteiger partial charge in [-0.3, -0.25) is 4.90 Å². The minimum atomic E-state index is -0.574. The van der Waals surface area contributed by atoms with Crippen LogP contribution in [-0.4, -0.2) is 34.7 Å². The van der Waals surface area contributed by atoms with Gasteiger partial charge >= 0.3 is 6.09 Å². The molecule has 1 amide bonds. The van der Waals surface area contributed by atoms with Crippen molar-refractivity contribution in [3.8, 4) is 0 Å². The third kappa shape index (κ3) is 4.66. The zero-order valence-corrected chi connectivity index (χ0v) is 16.7. The van der Waals surface area contributed by atoms with E-state index in [1.165, 1.54) is 16.9 Å². The Morgan fingerprint density at radius 2 is 1.96 bits per heavy atom. The molecular weight excluding hydrogens is 338 g/mol. The molecule has 0 bridgehead atoms. The summed E-state index contributed by atoms with van der Waals surface area (Å²) in [6.07, 6.45) is 3.84. The van der Waals surface area contributed by atoms with Gasteiger partial charge in [-0.1, -0.05) is 31.2 Å². The molecule has 2 aromatic rings. The number of benzene rings is 1. The maximum atomic E-state index is 12.9. The summed E-state index contributed by atoms with van der Waals surface area (Å²) >= 11 is 0. The molecule has 0 saturated carbocycles. The van der Waals surface area contributed by atoms with Crippen molar-refractivity contribution in [2.45, 2.75) is 52.2 Å². The van der Waals surface area contributed by atoms with E-state index in [2.05, 4.69) is 22.9 Å². The number of ether oxygens (including phenoxy) is 1. The third-order valence-corrected chi connectivity index (χ3v) is 4.74. The highest BCUT2D eigenvalue weighted by Gasteiger charge is 2.27. The van der Waals surface area contributed by atoms with E-state index in [0.29, 0.717) is 11.9 Å². The Balaban J connectivity index is 1.89. The Morgan fingerprint density at radius 3 is 2.56 bits per heavy atom. The van der Waals surface area contributed by atoms with Crippen LogP contribution in [0.3, 0.4) is 0 Å². The summed E-state index contributed by atoms with van der Waals surface area (Å²) in [5.74, 6) is 0.570. The number of nitrogens with zero attached hydrogens (tertiary/aromatic N) is 3. The van der Waals surface area contributed by atoms with Crippen LogP contribution in [0.4, 0.5) is 16.3 Å². The van der Waals surface area contributed by atoms with Crippen LogP contribution in [0.25, 0.3) is 0 Å². The molecule has 3 rings (SSSR count). The van der Waals surface area contributed by atoms with E-state index in [-0.39, 0.29) is 0 Å². The number of rotatable bonds is 4. The summed E-state index contributed by atoms with van der Waals surface area (Å²) < 4.78 is 5.61. The van der Waals surface area contributed by atoms with Crippen LogP contribution < -0.4 is 4.90 Å². The topological polar surface area (TPSA) is 45.7 Å². The molecule has 5 nitrogen and oxygen atoms in total. The van der Waals surface area contributed by atoms with Gasteiger partial charge in [0.25, 0.3) is 0 Å². The molecule has 1 aliphatic heterocycles. The standard InChI is InChI=1S/C22H29N3O2/c1-5-24-15-9-12-19(24)17-13-14-20(23-16-17)25(18-10-7-6-8-11-18)21(26)27-22(2,3)4/h6-8,10-11,13-14,16,19H,5,9,12,15H2,1-4H3/t19-/m0/s1. The first kappa shape index (κ1) is 19.4. The number of likely N-dealkylation sites (tertiary alicyclic amines) is 1. The lowest BCUT2D eigenvalue weighted by Gasteiger charge is -2.27. The number of aromatic nitrogens is 1. The van der Waals surface area contributed by atoms with Crippen LogP contribution in [0.5, 0.6) is 0 Å². The molecule has 1 aliphatic rings. The number of hydrogen-bond acceptors (Lipinski definition) is 4. The molecular formula is C22H29N3O2. The normalized spacial score (nSPS) is 17.7. The van der Waals surface area contributed by atoms with E-state index in [1.54, 1.807) is 0 Å². The van der Waals surface area contributed by atoms with Gasteiger partial charge in [-0.15, -0.1) is 0 Å². The van der Waals surface area contributed by atoms with Gasteiger partial charge in [-0.05, 0) is 70.5 Å². The van der Waals surface area contributed by atoms with Crippen LogP contribution in [0.1, 0.15) is 52.1 Å². The van der Waals surface area contributed by atoms with Crippen LogP contribution in [0.2, 0.25) is 0 Å². The van der Waals surface area contributed by atoms with Crippen LogP contribution in [-0.2, 0) is 4.74 Å². The van der Waals surface area contributed by atoms with E-state index in [9.17, 15) is 4.79 Å². The van der Waals surface area contributed by atoms with Crippen molar-refractivity contribution in [3.05, 3.63) is 54.2 Å². The molecule has 0 radical (unpaired) electrons. The van der Waals surface area contributed by atoms with Crippen molar-refractivity contribution in [3.63, 3.8) is 0 Å². The summed E-state index contributed by atoms with van der Waals surface area (Å²) in [4.78, 5) is 21.5. The van der Waals surface area contributed by atoms with Gasteiger partial charge in [0, 0.05) is 12.2 Å². The number of pyridine rings is 1. The number of amides is 1. The number of anilines is 2. The van der Waals surface area contributed by atoms with Crippen molar-refractivity contribution in [1.82, 2.24) is 9.88 Å². The number of para-hydroxylation sites is 1. The summed E-state index contributed by atoms with van der Waals surface area (Å²) in [7, 11) is 0. The first-order valence-electron chi connectivity index (χ1n) is 9.67. The lowest BCUT2D eigenvalue weighted by atomic mass is 10.1. The van der Waals surface area contributed by atoms with E-state index in [1.807, 2.05) is 63.4 Å². The minimum absolute atomic E-state index is 0.420. The second-order valence-corrected chi connectivity index (χ2v) is 7.89. The van der Waals surface area contributed by atoms with E-state index in [4.69, 9.17) is 4.74 Å². The fourth-order valence-electron chi connectivity index (χ4n) is 3.52. The average molecular weight is 367 g/mol. The molecule has 2 heterocycles. The molecule has 1 aromatic heterocycles. The Labute approximate surface area is 162 Å². The molecule has 0 unspecified atom stereocenters. The first-order valence-corrected chi connectivity index (χ1v) is 9.67. The Kier molecular flexibility index (Phi) is 5.80. The first-order chi connectivity index (χ1) is 12.9. The summed E-state index contributed by atoms with van der Waals surface area (Å²) in [6, 6.07) is 13.9. The highest BCUT2D eigenvalue weighted by molar-refractivity contribution is 5.95. The highest BCUT2D eigenvalue weighted by atomic mass is 16.6. The zero-order valence-electron chi connectivity index (χ0n) is 16.7. The Hall–Kier alpha value is -2.40. The Morgan fingerprint density at radius 1 is 1.22 bits per heavy atom. The van der Waals surface area contributed by atoms with Crippen LogP contribution in [0, 0.1) is 0 Å². The van der Waals surface area contributed by atoms with Crippen molar-refractivity contribution < 1.29 is 9.53 Å². The fraction of sp³-hybridized carbons (Fsp3) is 0.455. The highest BCUT2D eigenvalue weighted by Crippen LogP contribution is 2.33. The van der Waals surface area contributed by atoms with Gasteiger partial charge in [0.2, 0.25) is 0 Å². The van der Waals surface area contributed by atoms with Gasteiger partial charge < -0.3 is 4.74 Å². The molecule has 27 heavy (non-hydrogen) atoms. The molecule has 144 valence electrons. The van der Waals surface area contributed by atoms with Gasteiger partial charge in [0.15, 0.2) is 0 Å². The lowest BCUT2D eigenvalue weighted by molar-refractivity contribution is 0.0598. The quantitative estimate of drug-likeness (QED) is 0.734. The lowest BCUT2D eigenvalue weighted by Crippen LogP contribution is -2.34. The molecule has 1 fully saturated rings. The zero-order chi connectivity index (χ0) is 19.4. The predicted molar refractivity (Wildman–Crippen MR) is 108 cm³/mol. The smallest absolute Gasteiger partial charge is 0.420 e. The second-order valence-electron chi connectivity index (χ2n) is 7.89. The minimum Gasteiger partial charge on any atom is -0.443 e. The second kappa shape index (κ2) is 8.09. The summed E-state index contributed by atoms with van der Waals surface area (Å²) in [5.41, 5.74) is 1.37. The van der Waals surface area contributed by atoms with Gasteiger partial charge in [-0.2, -0.15) is 0 Å². The number of carbonyl (C=O) groups is 1. The van der Waals surface area contributed by atoms with Crippen molar-refractivity contribution in [1.29, 1.82) is 0 Å². The average Bonchev–Trinajstić information content (AvgIpc) is 3.11. The largest absolute Gasteiger partial charge is 0.443 e. The van der Waals surface area contributed by atoms with Crippen molar-refractivity contribution >= 4 is 17.6 Å². The number of carbonyl (C=O) groups excluding carboxylic acids is 1. The Bertz CT molecular complexity index is 753. The summed E-state index contributed by atoms with van der Waals surface area (Å²) in [6.45, 7) is 9.97. The van der Waals surface area contributed by atoms with Gasteiger partial charge in [0.05, 0.1) is 5.69 Å². The van der Waals surface area contributed by atoms with Crippen molar-refractivity contribution in [2.24, 2.45) is 0 Å². The van der Waals surface area contributed by atoms with Gasteiger partial charge in [-0.25, -0.2) is 14.7 Å².